The molecule has 31 heavy (non-hydrogen) atoms. The van der Waals surface area contributed by atoms with Crippen LogP contribution < -0.4 is 4.90 Å². The maximum absolute atomic E-state index is 12.6. The molecular weight excluding hydrogens is 392 g/mol. The SMILES string of the molecule is C[C@@H](CC(=N)C(=O)CCN1CCCC1=O)N1CCC(N2C(=O)Cc3ccccc32)CC1. The van der Waals surface area contributed by atoms with Gasteiger partial charge in [-0.3, -0.25) is 14.4 Å². The predicted molar refractivity (Wildman–Crippen MR) is 119 cm³/mol. The number of ketones is 1. The van der Waals surface area contributed by atoms with Crippen molar-refractivity contribution >= 4 is 29.0 Å². The van der Waals surface area contributed by atoms with E-state index in [2.05, 4.69) is 11.8 Å². The lowest BCUT2D eigenvalue weighted by molar-refractivity contribution is -0.128. The van der Waals surface area contributed by atoms with Crippen LogP contribution in [0.4, 0.5) is 5.69 Å². The molecule has 7 heteroatoms. The van der Waals surface area contributed by atoms with Gasteiger partial charge in [-0.05, 0) is 37.8 Å². The first-order valence-electron chi connectivity index (χ1n) is 11.5. The zero-order chi connectivity index (χ0) is 22.0. The maximum atomic E-state index is 12.6. The molecule has 3 aliphatic heterocycles. The van der Waals surface area contributed by atoms with Gasteiger partial charge in [-0.2, -0.15) is 0 Å². The van der Waals surface area contributed by atoms with Gasteiger partial charge in [0.15, 0.2) is 5.78 Å². The number of benzene rings is 1. The Morgan fingerprint density at radius 2 is 1.87 bits per heavy atom. The van der Waals surface area contributed by atoms with Crippen molar-refractivity contribution in [2.45, 2.75) is 64.0 Å². The van der Waals surface area contributed by atoms with E-state index in [-0.39, 0.29) is 41.8 Å². The number of hydrogen-bond acceptors (Lipinski definition) is 5. The van der Waals surface area contributed by atoms with Gasteiger partial charge in [0.25, 0.3) is 0 Å². The molecule has 0 aliphatic carbocycles. The fourth-order valence-electron chi connectivity index (χ4n) is 5.13. The second-order valence-electron chi connectivity index (χ2n) is 9.03. The quantitative estimate of drug-likeness (QED) is 0.650. The fraction of sp³-hybridized carbons (Fsp3) is 0.583. The van der Waals surface area contributed by atoms with Crippen molar-refractivity contribution in [1.82, 2.24) is 9.80 Å². The van der Waals surface area contributed by atoms with Crippen LogP contribution in [0.3, 0.4) is 0 Å². The molecule has 0 unspecified atom stereocenters. The van der Waals surface area contributed by atoms with Crippen LogP contribution in [0.5, 0.6) is 0 Å². The van der Waals surface area contributed by atoms with E-state index in [0.717, 1.165) is 50.1 Å². The van der Waals surface area contributed by atoms with Crippen molar-refractivity contribution in [2.75, 3.05) is 31.1 Å². The number of likely N-dealkylation sites (tertiary alicyclic amines) is 2. The van der Waals surface area contributed by atoms with Crippen LogP contribution >= 0.6 is 0 Å². The van der Waals surface area contributed by atoms with Crippen LogP contribution in [0.2, 0.25) is 0 Å². The summed E-state index contributed by atoms with van der Waals surface area (Å²) >= 11 is 0. The lowest BCUT2D eigenvalue weighted by Gasteiger charge is -2.39. The Morgan fingerprint density at radius 3 is 2.58 bits per heavy atom. The van der Waals surface area contributed by atoms with Gasteiger partial charge in [0.05, 0.1) is 12.1 Å². The zero-order valence-electron chi connectivity index (χ0n) is 18.3. The van der Waals surface area contributed by atoms with Gasteiger partial charge in [-0.25, -0.2) is 0 Å². The van der Waals surface area contributed by atoms with Gasteiger partial charge in [0.2, 0.25) is 11.8 Å². The van der Waals surface area contributed by atoms with E-state index in [1.807, 2.05) is 29.2 Å². The minimum Gasteiger partial charge on any atom is -0.342 e. The number of amides is 2. The number of carbonyl (C=O) groups is 3. The summed E-state index contributed by atoms with van der Waals surface area (Å²) in [5.41, 5.74) is 2.33. The first-order chi connectivity index (χ1) is 14.9. The molecule has 1 atom stereocenters. The molecule has 4 rings (SSSR count). The summed E-state index contributed by atoms with van der Waals surface area (Å²) in [6.07, 6.45) is 4.43. The Morgan fingerprint density at radius 1 is 1.13 bits per heavy atom. The highest BCUT2D eigenvalue weighted by Gasteiger charge is 2.35. The van der Waals surface area contributed by atoms with Crippen molar-refractivity contribution in [1.29, 1.82) is 5.41 Å². The minimum absolute atomic E-state index is 0.118. The van der Waals surface area contributed by atoms with Crippen LogP contribution in [0, 0.1) is 5.41 Å². The van der Waals surface area contributed by atoms with Crippen LogP contribution in [0.15, 0.2) is 24.3 Å². The Hall–Kier alpha value is -2.54. The third kappa shape index (κ3) is 4.71. The third-order valence-electron chi connectivity index (χ3n) is 6.97. The largest absolute Gasteiger partial charge is 0.342 e. The smallest absolute Gasteiger partial charge is 0.231 e. The summed E-state index contributed by atoms with van der Waals surface area (Å²) < 4.78 is 0. The molecule has 1 aromatic carbocycles. The Bertz CT molecular complexity index is 875. The molecule has 3 heterocycles. The maximum Gasteiger partial charge on any atom is 0.231 e. The molecular formula is C24H32N4O3. The van der Waals surface area contributed by atoms with E-state index in [4.69, 9.17) is 5.41 Å². The molecule has 7 nitrogen and oxygen atoms in total. The standard InChI is InChI=1S/C24H32N4O3/c1-17(15-20(25)22(29)10-14-27-11-4-7-23(27)30)26-12-8-19(9-13-26)28-21-6-3-2-5-18(21)16-24(28)31/h2-3,5-6,17,19,25H,4,7-16H2,1H3/t17-/m0/s1. The Balaban J connectivity index is 1.24. The second-order valence-corrected chi connectivity index (χ2v) is 9.03. The van der Waals surface area contributed by atoms with Crippen molar-refractivity contribution in [3.8, 4) is 0 Å². The van der Waals surface area contributed by atoms with E-state index >= 15 is 0 Å². The highest BCUT2D eigenvalue weighted by Crippen LogP contribution is 2.33. The second kappa shape index (κ2) is 9.30. The van der Waals surface area contributed by atoms with Gasteiger partial charge < -0.3 is 20.1 Å². The lowest BCUT2D eigenvalue weighted by atomic mass is 9.98. The third-order valence-corrected chi connectivity index (χ3v) is 6.97. The molecule has 3 aliphatic rings. The van der Waals surface area contributed by atoms with Gasteiger partial charge >= 0.3 is 0 Å². The van der Waals surface area contributed by atoms with Gasteiger partial charge in [0, 0.05) is 63.2 Å². The van der Waals surface area contributed by atoms with Gasteiger partial charge in [0.1, 0.15) is 0 Å². The van der Waals surface area contributed by atoms with Crippen molar-refractivity contribution in [2.24, 2.45) is 0 Å². The van der Waals surface area contributed by atoms with Crippen LogP contribution in [0.1, 0.15) is 51.0 Å². The van der Waals surface area contributed by atoms with E-state index in [0.29, 0.717) is 25.8 Å². The number of rotatable bonds is 8. The van der Waals surface area contributed by atoms with Gasteiger partial charge in [-0.1, -0.05) is 18.2 Å². The number of carbonyl (C=O) groups excluding carboxylic acids is 3. The minimum atomic E-state index is -0.152. The average molecular weight is 425 g/mol. The molecule has 1 N–H and O–H groups in total. The number of nitrogens with one attached hydrogen (secondary N) is 1. The number of anilines is 1. The summed E-state index contributed by atoms with van der Waals surface area (Å²) in [5.74, 6) is 0.159. The molecule has 1 aromatic rings. The van der Waals surface area contributed by atoms with Crippen molar-refractivity contribution in [3.63, 3.8) is 0 Å². The van der Waals surface area contributed by atoms with Crippen molar-refractivity contribution < 1.29 is 14.4 Å². The number of piperidine rings is 1. The first kappa shape index (κ1) is 21.7. The molecule has 0 saturated carbocycles. The first-order valence-corrected chi connectivity index (χ1v) is 11.5. The Labute approximate surface area is 183 Å². The molecule has 0 aromatic heterocycles. The normalized spacial score (nSPS) is 20.9. The highest BCUT2D eigenvalue weighted by molar-refractivity contribution is 6.38. The lowest BCUT2D eigenvalue weighted by Crippen LogP contribution is -2.49. The van der Waals surface area contributed by atoms with Crippen molar-refractivity contribution in [3.05, 3.63) is 29.8 Å². The molecule has 2 fully saturated rings. The average Bonchev–Trinajstić information content (AvgIpc) is 3.33. The molecule has 2 amide bonds. The topological polar surface area (TPSA) is 84.8 Å². The van der Waals surface area contributed by atoms with E-state index < -0.39 is 0 Å². The molecule has 0 radical (unpaired) electrons. The van der Waals surface area contributed by atoms with Crippen LogP contribution in [-0.4, -0.2) is 71.4 Å². The summed E-state index contributed by atoms with van der Waals surface area (Å²) in [6.45, 7) is 4.96. The Kier molecular flexibility index (Phi) is 6.51. The molecule has 166 valence electrons. The molecule has 0 spiro atoms. The van der Waals surface area contributed by atoms with E-state index in [1.165, 1.54) is 0 Å². The van der Waals surface area contributed by atoms with Gasteiger partial charge in [-0.15, -0.1) is 0 Å². The number of nitrogens with zero attached hydrogens (tertiary/aromatic N) is 3. The monoisotopic (exact) mass is 424 g/mol. The molecule has 0 bridgehead atoms. The summed E-state index contributed by atoms with van der Waals surface area (Å²) in [7, 11) is 0. The summed E-state index contributed by atoms with van der Waals surface area (Å²) in [4.78, 5) is 42.7. The van der Waals surface area contributed by atoms with Crippen LogP contribution in [-0.2, 0) is 20.8 Å². The predicted octanol–water partition coefficient (Wildman–Crippen LogP) is 2.42. The van der Waals surface area contributed by atoms with Crippen LogP contribution in [0.25, 0.3) is 0 Å². The number of fused-ring (bicyclic) bond motifs is 1. The summed E-state index contributed by atoms with van der Waals surface area (Å²) in [5, 5.41) is 8.22. The number of para-hydroxylation sites is 1. The van der Waals surface area contributed by atoms with E-state index in [1.54, 1.807) is 4.90 Å². The van der Waals surface area contributed by atoms with E-state index in [9.17, 15) is 14.4 Å². The highest BCUT2D eigenvalue weighted by atomic mass is 16.2. The zero-order valence-corrected chi connectivity index (χ0v) is 18.3. The number of Topliss-reactive ketones (excluding diaryl/α,β-unsaturated/α-hetero) is 1. The number of hydrogen-bond donors (Lipinski definition) is 1. The molecule has 2 saturated heterocycles. The fourth-order valence-corrected chi connectivity index (χ4v) is 5.13. The summed E-state index contributed by atoms with van der Waals surface area (Å²) in [6, 6.07) is 8.39.